The first-order chi connectivity index (χ1) is 7.40. The Morgan fingerprint density at radius 1 is 1.31 bits per heavy atom. The summed E-state index contributed by atoms with van der Waals surface area (Å²) in [6.45, 7) is 0. The largest absolute Gasteiger partial charge is 0.341 e. The summed E-state index contributed by atoms with van der Waals surface area (Å²) in [5.41, 5.74) is 1.16. The molecule has 0 atom stereocenters. The van der Waals surface area contributed by atoms with Crippen LogP contribution in [-0.2, 0) is 15.8 Å². The molecular weight excluding hydrogens is 230 g/mol. The number of sulfonamides is 1. The Bertz CT molecular complexity index is 467. The zero-order chi connectivity index (χ0) is 12.2. The number of amides is 2. The molecule has 6 nitrogen and oxygen atoms in total. The minimum absolute atomic E-state index is 0.215. The van der Waals surface area contributed by atoms with Crippen LogP contribution in [0.15, 0.2) is 24.3 Å². The van der Waals surface area contributed by atoms with Crippen LogP contribution in [0.2, 0.25) is 0 Å². The van der Waals surface area contributed by atoms with Gasteiger partial charge in [-0.3, -0.25) is 0 Å². The first-order valence-corrected chi connectivity index (χ1v) is 6.20. The Morgan fingerprint density at radius 3 is 2.31 bits per heavy atom. The van der Waals surface area contributed by atoms with Crippen LogP contribution in [0.3, 0.4) is 0 Å². The maximum atomic E-state index is 11.0. The number of nitrogens with two attached hydrogens (primary N) is 1. The Morgan fingerprint density at radius 2 is 1.88 bits per heavy atom. The molecule has 1 aromatic rings. The van der Waals surface area contributed by atoms with Crippen LogP contribution in [0.25, 0.3) is 0 Å². The molecule has 0 heterocycles. The summed E-state index contributed by atoms with van der Waals surface area (Å²) >= 11 is 0. The van der Waals surface area contributed by atoms with E-state index in [4.69, 9.17) is 5.14 Å². The number of benzene rings is 1. The number of primary sulfonamides is 1. The van der Waals surface area contributed by atoms with E-state index in [2.05, 4.69) is 10.6 Å². The smallest absolute Gasteiger partial charge is 0.318 e. The summed E-state index contributed by atoms with van der Waals surface area (Å²) < 4.78 is 21.6. The number of nitrogens with one attached hydrogen (secondary N) is 2. The van der Waals surface area contributed by atoms with Crippen LogP contribution >= 0.6 is 0 Å². The van der Waals surface area contributed by atoms with E-state index in [0.717, 1.165) is 0 Å². The topological polar surface area (TPSA) is 101 Å². The molecule has 0 radical (unpaired) electrons. The van der Waals surface area contributed by atoms with Gasteiger partial charge < -0.3 is 10.6 Å². The molecule has 4 N–H and O–H groups in total. The van der Waals surface area contributed by atoms with Crippen molar-refractivity contribution in [3.8, 4) is 0 Å². The van der Waals surface area contributed by atoms with E-state index in [1.807, 2.05) is 0 Å². The molecule has 0 saturated heterocycles. The third-order valence-corrected chi connectivity index (χ3v) is 2.54. The lowest BCUT2D eigenvalue weighted by atomic mass is 10.2. The predicted molar refractivity (Wildman–Crippen MR) is 61.3 cm³/mol. The first kappa shape index (κ1) is 12.5. The van der Waals surface area contributed by atoms with Gasteiger partial charge in [0.05, 0.1) is 5.75 Å². The maximum absolute atomic E-state index is 11.0. The van der Waals surface area contributed by atoms with Gasteiger partial charge in [0.2, 0.25) is 10.0 Å². The number of carbonyl (C=O) groups excluding carboxylic acids is 1. The van der Waals surface area contributed by atoms with Gasteiger partial charge in [-0.15, -0.1) is 0 Å². The number of urea groups is 1. The highest BCUT2D eigenvalue weighted by Crippen LogP contribution is 2.10. The fourth-order valence-corrected chi connectivity index (χ4v) is 1.77. The van der Waals surface area contributed by atoms with E-state index in [1.165, 1.54) is 7.05 Å². The monoisotopic (exact) mass is 243 g/mol. The highest BCUT2D eigenvalue weighted by atomic mass is 32.2. The Labute approximate surface area is 93.9 Å². The van der Waals surface area contributed by atoms with Gasteiger partial charge in [0, 0.05) is 12.7 Å². The number of hydrogen-bond acceptors (Lipinski definition) is 3. The number of anilines is 1. The van der Waals surface area contributed by atoms with Crippen LogP contribution in [-0.4, -0.2) is 21.5 Å². The molecule has 16 heavy (non-hydrogen) atoms. The number of carbonyl (C=O) groups is 1. The van der Waals surface area contributed by atoms with Crippen LogP contribution in [0.5, 0.6) is 0 Å². The Hall–Kier alpha value is -1.60. The van der Waals surface area contributed by atoms with Gasteiger partial charge in [-0.05, 0) is 17.7 Å². The zero-order valence-corrected chi connectivity index (χ0v) is 9.54. The van der Waals surface area contributed by atoms with Crippen molar-refractivity contribution >= 4 is 21.7 Å². The highest BCUT2D eigenvalue weighted by molar-refractivity contribution is 7.88. The molecule has 7 heteroatoms. The van der Waals surface area contributed by atoms with Gasteiger partial charge >= 0.3 is 6.03 Å². The molecule has 0 aliphatic carbocycles. The lowest BCUT2D eigenvalue weighted by Gasteiger charge is -2.05. The molecule has 0 bridgehead atoms. The second kappa shape index (κ2) is 4.95. The summed E-state index contributed by atoms with van der Waals surface area (Å²) in [7, 11) is -2.01. The first-order valence-electron chi connectivity index (χ1n) is 4.49. The van der Waals surface area contributed by atoms with E-state index in [0.29, 0.717) is 11.3 Å². The predicted octanol–water partition coefficient (Wildman–Crippen LogP) is 0.226. The average Bonchev–Trinajstić information content (AvgIpc) is 2.18. The van der Waals surface area contributed by atoms with Crippen LogP contribution < -0.4 is 15.8 Å². The Balaban J connectivity index is 2.72. The van der Waals surface area contributed by atoms with Gasteiger partial charge in [0.1, 0.15) is 0 Å². The van der Waals surface area contributed by atoms with Gasteiger partial charge in [0.15, 0.2) is 0 Å². The molecule has 0 unspecified atom stereocenters. The molecule has 1 rings (SSSR count). The minimum Gasteiger partial charge on any atom is -0.341 e. The lowest BCUT2D eigenvalue weighted by Crippen LogP contribution is -2.24. The molecule has 0 aromatic heterocycles. The van der Waals surface area contributed by atoms with Crippen molar-refractivity contribution in [3.05, 3.63) is 29.8 Å². The Kier molecular flexibility index (Phi) is 3.86. The van der Waals surface area contributed by atoms with Gasteiger partial charge in [-0.2, -0.15) is 0 Å². The summed E-state index contributed by atoms with van der Waals surface area (Å²) in [5.74, 6) is -0.215. The second-order valence-electron chi connectivity index (χ2n) is 3.21. The molecular formula is C9H13N3O3S. The second-order valence-corrected chi connectivity index (χ2v) is 4.82. The van der Waals surface area contributed by atoms with Gasteiger partial charge in [-0.1, -0.05) is 12.1 Å². The van der Waals surface area contributed by atoms with Crippen molar-refractivity contribution in [2.24, 2.45) is 5.14 Å². The third kappa shape index (κ3) is 4.28. The molecule has 1 aromatic carbocycles. The molecule has 0 spiro atoms. The quantitative estimate of drug-likeness (QED) is 0.708. The van der Waals surface area contributed by atoms with Crippen molar-refractivity contribution in [2.45, 2.75) is 5.75 Å². The van der Waals surface area contributed by atoms with Crippen LogP contribution in [0, 0.1) is 0 Å². The summed E-state index contributed by atoms with van der Waals surface area (Å²) in [4.78, 5) is 11.0. The molecule has 88 valence electrons. The van der Waals surface area contributed by atoms with Crippen molar-refractivity contribution in [2.75, 3.05) is 12.4 Å². The SMILES string of the molecule is CNC(=O)Nc1ccc(CS(N)(=O)=O)cc1. The van der Waals surface area contributed by atoms with Crippen molar-refractivity contribution in [3.63, 3.8) is 0 Å². The molecule has 0 saturated carbocycles. The zero-order valence-electron chi connectivity index (χ0n) is 8.73. The summed E-state index contributed by atoms with van der Waals surface area (Å²) in [6, 6.07) is 6.07. The average molecular weight is 243 g/mol. The van der Waals surface area contributed by atoms with Crippen molar-refractivity contribution < 1.29 is 13.2 Å². The van der Waals surface area contributed by atoms with E-state index in [9.17, 15) is 13.2 Å². The third-order valence-electron chi connectivity index (χ3n) is 1.81. The van der Waals surface area contributed by atoms with Gasteiger partial charge in [0.25, 0.3) is 0 Å². The lowest BCUT2D eigenvalue weighted by molar-refractivity contribution is 0.254. The molecule has 0 aliphatic rings. The van der Waals surface area contributed by atoms with E-state index in [1.54, 1.807) is 24.3 Å². The normalized spacial score (nSPS) is 10.9. The molecule has 2 amide bonds. The van der Waals surface area contributed by atoms with Crippen molar-refractivity contribution in [1.29, 1.82) is 0 Å². The molecule has 0 fully saturated rings. The fraction of sp³-hybridized carbons (Fsp3) is 0.222. The standard InChI is InChI=1S/C9H13N3O3S/c1-11-9(13)12-8-4-2-7(3-5-8)6-16(10,14)15/h2-5H,6H2,1H3,(H2,10,14,15)(H2,11,12,13). The highest BCUT2D eigenvalue weighted by Gasteiger charge is 2.05. The number of hydrogen-bond donors (Lipinski definition) is 3. The minimum atomic E-state index is -3.52. The van der Waals surface area contributed by atoms with E-state index in [-0.39, 0.29) is 11.8 Å². The van der Waals surface area contributed by atoms with Crippen LogP contribution in [0.4, 0.5) is 10.5 Å². The number of rotatable bonds is 3. The fourth-order valence-electron chi connectivity index (χ4n) is 1.11. The summed E-state index contributed by atoms with van der Waals surface area (Å²) in [6.07, 6.45) is 0. The van der Waals surface area contributed by atoms with E-state index >= 15 is 0 Å². The van der Waals surface area contributed by atoms with Crippen molar-refractivity contribution in [1.82, 2.24) is 5.32 Å². The summed E-state index contributed by atoms with van der Waals surface area (Å²) in [5, 5.41) is 9.85. The van der Waals surface area contributed by atoms with Crippen LogP contribution in [0.1, 0.15) is 5.56 Å². The van der Waals surface area contributed by atoms with Gasteiger partial charge in [-0.25, -0.2) is 18.4 Å². The maximum Gasteiger partial charge on any atom is 0.318 e. The van der Waals surface area contributed by atoms with E-state index < -0.39 is 10.0 Å². The molecule has 0 aliphatic heterocycles.